The van der Waals surface area contributed by atoms with Gasteiger partial charge in [0.15, 0.2) is 6.10 Å². The van der Waals surface area contributed by atoms with Crippen LogP contribution in [0.25, 0.3) is 0 Å². The van der Waals surface area contributed by atoms with Gasteiger partial charge in [-0.2, -0.15) is 16.9 Å². The number of benzene rings is 2. The number of methoxy groups -OCH3 is 1. The molecule has 1 aliphatic rings. The minimum absolute atomic E-state index is 0.0113. The molecule has 1 aromatic heterocycles. The summed E-state index contributed by atoms with van der Waals surface area (Å²) < 4.78 is 12.5. The molecule has 33 heavy (non-hydrogen) atoms. The fraction of sp³-hybridized carbons (Fsp3) is 0.292. The van der Waals surface area contributed by atoms with Crippen molar-refractivity contribution in [3.8, 4) is 11.5 Å². The highest BCUT2D eigenvalue weighted by Gasteiger charge is 2.26. The summed E-state index contributed by atoms with van der Waals surface area (Å²) in [5.41, 5.74) is 2.82. The second kappa shape index (κ2) is 10.4. The predicted molar refractivity (Wildman–Crippen MR) is 127 cm³/mol. The number of amides is 2. The van der Waals surface area contributed by atoms with Crippen molar-refractivity contribution in [3.63, 3.8) is 0 Å². The van der Waals surface area contributed by atoms with E-state index in [2.05, 4.69) is 15.7 Å². The third-order valence-corrected chi connectivity index (χ3v) is 6.20. The number of ether oxygens (including phenoxy) is 2. The zero-order valence-electron chi connectivity index (χ0n) is 18.5. The van der Waals surface area contributed by atoms with Crippen LogP contribution in [0.2, 0.25) is 0 Å². The Hall–Kier alpha value is -3.46. The van der Waals surface area contributed by atoms with Gasteiger partial charge in [0.2, 0.25) is 5.91 Å². The van der Waals surface area contributed by atoms with Gasteiger partial charge in [-0.25, -0.2) is 4.68 Å². The van der Waals surface area contributed by atoms with Gasteiger partial charge in [-0.15, -0.1) is 0 Å². The molecule has 0 bridgehead atoms. The molecule has 4 rings (SSSR count). The van der Waals surface area contributed by atoms with E-state index < -0.39 is 6.10 Å². The summed E-state index contributed by atoms with van der Waals surface area (Å²) in [6, 6.07) is 16.7. The first-order valence-corrected chi connectivity index (χ1v) is 11.8. The van der Waals surface area contributed by atoms with Gasteiger partial charge in [0, 0.05) is 23.6 Å². The number of nitrogens with zero attached hydrogens (tertiary/aromatic N) is 2. The van der Waals surface area contributed by atoms with Gasteiger partial charge >= 0.3 is 0 Å². The summed E-state index contributed by atoms with van der Waals surface area (Å²) in [5.74, 6) is 2.96. The topological polar surface area (TPSA) is 94.5 Å². The van der Waals surface area contributed by atoms with Crippen molar-refractivity contribution in [1.29, 1.82) is 0 Å². The van der Waals surface area contributed by atoms with E-state index in [1.165, 1.54) is 0 Å². The number of fused-ring (bicyclic) bond motifs is 1. The average molecular weight is 467 g/mol. The Bertz CT molecular complexity index is 1120. The minimum Gasteiger partial charge on any atom is -0.497 e. The standard InChI is InChI=1S/C24H26N4O4S/c1-16(32-19-6-4-3-5-7-19)24(30)26-23-20-14-33-15-21(20)27-28(23)13-22(29)25-12-17-8-10-18(31-2)11-9-17/h3-11,16H,12-15H2,1-2H3,(H,25,29)(H,26,30). The fourth-order valence-corrected chi connectivity index (χ4v) is 4.47. The van der Waals surface area contributed by atoms with Crippen LogP contribution in [0.5, 0.6) is 11.5 Å². The molecule has 0 radical (unpaired) electrons. The van der Waals surface area contributed by atoms with Crippen LogP contribution >= 0.6 is 11.8 Å². The number of anilines is 1. The Labute approximate surface area is 196 Å². The maximum absolute atomic E-state index is 12.8. The number of thioether (sulfide) groups is 1. The van der Waals surface area contributed by atoms with E-state index in [9.17, 15) is 9.59 Å². The molecule has 0 fully saturated rings. The Morgan fingerprint density at radius 2 is 1.85 bits per heavy atom. The van der Waals surface area contributed by atoms with Gasteiger partial charge < -0.3 is 20.1 Å². The van der Waals surface area contributed by atoms with Crippen molar-refractivity contribution < 1.29 is 19.1 Å². The number of para-hydroxylation sites is 1. The molecule has 3 aromatic rings. The zero-order chi connectivity index (χ0) is 23.2. The largest absolute Gasteiger partial charge is 0.497 e. The molecular formula is C24H26N4O4S. The number of carbonyl (C=O) groups is 2. The predicted octanol–water partition coefficient (Wildman–Crippen LogP) is 3.36. The maximum Gasteiger partial charge on any atom is 0.266 e. The molecule has 1 aliphatic heterocycles. The van der Waals surface area contributed by atoms with E-state index in [-0.39, 0.29) is 18.4 Å². The van der Waals surface area contributed by atoms with Crippen molar-refractivity contribution in [1.82, 2.24) is 15.1 Å². The van der Waals surface area contributed by atoms with Gasteiger partial charge in [-0.1, -0.05) is 30.3 Å². The molecule has 0 aliphatic carbocycles. The van der Waals surface area contributed by atoms with Crippen LogP contribution in [0.3, 0.4) is 0 Å². The first kappa shape index (κ1) is 22.7. The van der Waals surface area contributed by atoms with E-state index in [1.54, 1.807) is 42.6 Å². The number of carbonyl (C=O) groups excluding carboxylic acids is 2. The molecule has 2 aromatic carbocycles. The summed E-state index contributed by atoms with van der Waals surface area (Å²) in [7, 11) is 1.61. The lowest BCUT2D eigenvalue weighted by Crippen LogP contribution is -2.33. The third-order valence-electron chi connectivity index (χ3n) is 5.23. The van der Waals surface area contributed by atoms with Crippen LogP contribution in [-0.2, 0) is 34.2 Å². The van der Waals surface area contributed by atoms with Crippen LogP contribution in [0.15, 0.2) is 54.6 Å². The lowest BCUT2D eigenvalue weighted by atomic mass is 10.2. The smallest absolute Gasteiger partial charge is 0.266 e. The minimum atomic E-state index is -0.704. The van der Waals surface area contributed by atoms with Crippen LogP contribution in [-0.4, -0.2) is 34.8 Å². The third kappa shape index (κ3) is 5.67. The first-order valence-electron chi connectivity index (χ1n) is 10.6. The molecule has 0 spiro atoms. The fourth-order valence-electron chi connectivity index (χ4n) is 3.43. The van der Waals surface area contributed by atoms with E-state index in [4.69, 9.17) is 9.47 Å². The second-order valence-corrected chi connectivity index (χ2v) is 8.60. The summed E-state index contributed by atoms with van der Waals surface area (Å²) in [5, 5.41) is 10.4. The normalized spacial score (nSPS) is 13.2. The van der Waals surface area contributed by atoms with E-state index in [0.717, 1.165) is 34.1 Å². The molecule has 9 heteroatoms. The van der Waals surface area contributed by atoms with Crippen molar-refractivity contribution in [2.45, 2.75) is 37.6 Å². The van der Waals surface area contributed by atoms with Crippen molar-refractivity contribution in [3.05, 3.63) is 71.4 Å². The van der Waals surface area contributed by atoms with Gasteiger partial charge in [-0.3, -0.25) is 9.59 Å². The first-order chi connectivity index (χ1) is 16.0. The molecule has 1 atom stereocenters. The monoisotopic (exact) mass is 466 g/mol. The molecule has 172 valence electrons. The highest BCUT2D eigenvalue weighted by molar-refractivity contribution is 7.98. The lowest BCUT2D eigenvalue weighted by molar-refractivity contribution is -0.123. The molecule has 2 amide bonds. The Kier molecular flexibility index (Phi) is 7.19. The number of hydrogen-bond donors (Lipinski definition) is 2. The lowest BCUT2D eigenvalue weighted by Gasteiger charge is -2.16. The maximum atomic E-state index is 12.8. The van der Waals surface area contributed by atoms with Crippen molar-refractivity contribution >= 4 is 29.4 Å². The van der Waals surface area contributed by atoms with Gasteiger partial charge in [-0.05, 0) is 36.8 Å². The van der Waals surface area contributed by atoms with Crippen LogP contribution in [0.1, 0.15) is 23.7 Å². The Balaban J connectivity index is 1.40. The van der Waals surface area contributed by atoms with E-state index >= 15 is 0 Å². The van der Waals surface area contributed by atoms with Crippen LogP contribution in [0.4, 0.5) is 5.82 Å². The second-order valence-electron chi connectivity index (χ2n) is 7.61. The molecule has 0 saturated carbocycles. The number of aromatic nitrogens is 2. The number of hydrogen-bond acceptors (Lipinski definition) is 6. The molecule has 0 saturated heterocycles. The molecular weight excluding hydrogens is 440 g/mol. The van der Waals surface area contributed by atoms with Crippen molar-refractivity contribution in [2.24, 2.45) is 0 Å². The molecule has 2 N–H and O–H groups in total. The average Bonchev–Trinajstić information content (AvgIpc) is 3.41. The summed E-state index contributed by atoms with van der Waals surface area (Å²) in [6.07, 6.45) is -0.704. The van der Waals surface area contributed by atoms with Gasteiger partial charge in [0.05, 0.1) is 12.8 Å². The van der Waals surface area contributed by atoms with Crippen molar-refractivity contribution in [2.75, 3.05) is 12.4 Å². The summed E-state index contributed by atoms with van der Waals surface area (Å²) in [4.78, 5) is 25.4. The van der Waals surface area contributed by atoms with Crippen LogP contribution < -0.4 is 20.1 Å². The number of rotatable bonds is 9. The highest BCUT2D eigenvalue weighted by Crippen LogP contribution is 2.34. The number of nitrogens with one attached hydrogen (secondary N) is 2. The molecule has 1 unspecified atom stereocenters. The summed E-state index contributed by atoms with van der Waals surface area (Å²) in [6.45, 7) is 2.10. The summed E-state index contributed by atoms with van der Waals surface area (Å²) >= 11 is 1.73. The van der Waals surface area contributed by atoms with E-state index in [0.29, 0.717) is 18.1 Å². The Morgan fingerprint density at radius 3 is 2.58 bits per heavy atom. The highest BCUT2D eigenvalue weighted by atomic mass is 32.2. The van der Waals surface area contributed by atoms with E-state index in [1.807, 2.05) is 42.5 Å². The quantitative estimate of drug-likeness (QED) is 0.502. The SMILES string of the molecule is COc1ccc(CNC(=O)Cn2nc3c(c2NC(=O)C(C)Oc2ccccc2)CSC3)cc1. The van der Waals surface area contributed by atoms with Crippen LogP contribution in [0, 0.1) is 0 Å². The van der Waals surface area contributed by atoms with Gasteiger partial charge in [0.25, 0.3) is 5.91 Å². The molecule has 2 heterocycles. The Morgan fingerprint density at radius 1 is 1.09 bits per heavy atom. The zero-order valence-corrected chi connectivity index (χ0v) is 19.4. The molecule has 8 nitrogen and oxygen atoms in total. The van der Waals surface area contributed by atoms with Gasteiger partial charge in [0.1, 0.15) is 23.9 Å².